The van der Waals surface area contributed by atoms with Gasteiger partial charge in [-0.1, -0.05) is 12.1 Å². The first kappa shape index (κ1) is 12.9. The van der Waals surface area contributed by atoms with Gasteiger partial charge in [-0.2, -0.15) is 4.57 Å². The summed E-state index contributed by atoms with van der Waals surface area (Å²) in [4.78, 5) is 0. The van der Waals surface area contributed by atoms with E-state index in [1.807, 2.05) is 47.2 Å². The second-order valence-electron chi connectivity index (χ2n) is 3.56. The Hall–Kier alpha value is -1.16. The molecular formula is C12H14ClNO2. The average Bonchev–Trinajstić information content (AvgIpc) is 2.29. The van der Waals surface area contributed by atoms with Crippen molar-refractivity contribution in [3.05, 3.63) is 42.6 Å². The summed E-state index contributed by atoms with van der Waals surface area (Å²) in [7, 11) is 0. The van der Waals surface area contributed by atoms with Crippen LogP contribution in [0.25, 0.3) is 10.9 Å². The molecular weight excluding hydrogens is 226 g/mol. The van der Waals surface area contributed by atoms with Crippen LogP contribution in [0, 0.1) is 0 Å². The Bertz CT molecular complexity index is 456. The normalized spacial score (nSPS) is 12.1. The SMILES string of the molecule is OCC(O)C[n+]1cccc2ccccc21.[Cl-]. The fraction of sp³-hybridized carbons (Fsp3) is 0.250. The Balaban J connectivity index is 0.00000128. The van der Waals surface area contributed by atoms with E-state index in [1.165, 1.54) is 0 Å². The topological polar surface area (TPSA) is 44.3 Å². The summed E-state index contributed by atoms with van der Waals surface area (Å²) in [6.45, 7) is 0.202. The lowest BCUT2D eigenvalue weighted by molar-refractivity contribution is -0.678. The van der Waals surface area contributed by atoms with E-state index >= 15 is 0 Å². The molecule has 16 heavy (non-hydrogen) atoms. The van der Waals surface area contributed by atoms with Gasteiger partial charge in [0.15, 0.2) is 12.7 Å². The van der Waals surface area contributed by atoms with Gasteiger partial charge in [-0.3, -0.25) is 0 Å². The van der Waals surface area contributed by atoms with Crippen molar-refractivity contribution in [1.29, 1.82) is 0 Å². The summed E-state index contributed by atoms with van der Waals surface area (Å²) in [5.41, 5.74) is 1.06. The molecule has 1 atom stereocenters. The van der Waals surface area contributed by atoms with Crippen molar-refractivity contribution in [2.75, 3.05) is 6.61 Å². The molecule has 0 aliphatic rings. The Labute approximate surface area is 100 Å². The van der Waals surface area contributed by atoms with Crippen LogP contribution in [0.3, 0.4) is 0 Å². The number of para-hydroxylation sites is 1. The summed E-state index contributed by atoms with van der Waals surface area (Å²) in [5, 5.41) is 19.3. The van der Waals surface area contributed by atoms with Gasteiger partial charge in [0.05, 0.1) is 6.61 Å². The van der Waals surface area contributed by atoms with Crippen LogP contribution in [0.4, 0.5) is 0 Å². The first-order valence-electron chi connectivity index (χ1n) is 4.97. The van der Waals surface area contributed by atoms with Crippen molar-refractivity contribution in [3.8, 4) is 0 Å². The molecule has 86 valence electrons. The third-order valence-corrected chi connectivity index (χ3v) is 2.41. The minimum Gasteiger partial charge on any atom is -1.00 e. The zero-order valence-electron chi connectivity index (χ0n) is 8.75. The van der Waals surface area contributed by atoms with Crippen molar-refractivity contribution in [1.82, 2.24) is 0 Å². The highest BCUT2D eigenvalue weighted by Gasteiger charge is 2.12. The van der Waals surface area contributed by atoms with Crippen molar-refractivity contribution in [2.45, 2.75) is 12.6 Å². The monoisotopic (exact) mass is 239 g/mol. The Morgan fingerprint density at radius 3 is 2.56 bits per heavy atom. The predicted molar refractivity (Wildman–Crippen MR) is 57.2 cm³/mol. The lowest BCUT2D eigenvalue weighted by atomic mass is 10.2. The molecule has 2 aromatic rings. The standard InChI is InChI=1S/C12H14NO2.ClH/c14-9-11(15)8-13-7-3-5-10-4-1-2-6-12(10)13;/h1-7,11,14-15H,8-9H2;1H/q+1;/p-1. The fourth-order valence-electron chi connectivity index (χ4n) is 1.66. The second-order valence-corrected chi connectivity index (χ2v) is 3.56. The highest BCUT2D eigenvalue weighted by Crippen LogP contribution is 2.07. The van der Waals surface area contributed by atoms with Crippen LogP contribution in [-0.4, -0.2) is 22.9 Å². The molecule has 0 amide bonds. The maximum Gasteiger partial charge on any atom is 0.212 e. The maximum atomic E-state index is 9.40. The molecule has 1 unspecified atom stereocenters. The maximum absolute atomic E-state index is 9.40. The molecule has 2 N–H and O–H groups in total. The van der Waals surface area contributed by atoms with Crippen molar-refractivity contribution in [2.24, 2.45) is 0 Å². The number of aliphatic hydroxyl groups excluding tert-OH is 2. The van der Waals surface area contributed by atoms with Gasteiger partial charge in [0, 0.05) is 17.5 Å². The molecule has 0 bridgehead atoms. The third kappa shape index (κ3) is 2.70. The number of aromatic nitrogens is 1. The Morgan fingerprint density at radius 1 is 1.12 bits per heavy atom. The predicted octanol–water partition coefficient (Wildman–Crippen LogP) is -2.52. The van der Waals surface area contributed by atoms with Crippen molar-refractivity contribution < 1.29 is 27.2 Å². The Morgan fingerprint density at radius 2 is 1.81 bits per heavy atom. The minimum absolute atomic E-state index is 0. The lowest BCUT2D eigenvalue weighted by Gasteiger charge is -2.04. The van der Waals surface area contributed by atoms with Crippen LogP contribution in [0.1, 0.15) is 0 Å². The molecule has 2 rings (SSSR count). The van der Waals surface area contributed by atoms with Crippen molar-refractivity contribution >= 4 is 10.9 Å². The van der Waals surface area contributed by atoms with E-state index in [2.05, 4.69) is 0 Å². The lowest BCUT2D eigenvalue weighted by Crippen LogP contribution is -3.00. The number of rotatable bonds is 3. The van der Waals surface area contributed by atoms with E-state index in [0.717, 1.165) is 10.9 Å². The van der Waals surface area contributed by atoms with Gasteiger partial charge in [0.1, 0.15) is 6.10 Å². The van der Waals surface area contributed by atoms with Gasteiger partial charge in [0.2, 0.25) is 5.52 Å². The molecule has 1 heterocycles. The quantitative estimate of drug-likeness (QED) is 0.581. The summed E-state index contributed by atoms with van der Waals surface area (Å²) in [6.07, 6.45) is 1.20. The summed E-state index contributed by atoms with van der Waals surface area (Å²) >= 11 is 0. The fourth-order valence-corrected chi connectivity index (χ4v) is 1.66. The number of fused-ring (bicyclic) bond motifs is 1. The molecule has 0 fully saturated rings. The molecule has 4 heteroatoms. The molecule has 0 saturated heterocycles. The number of hydrogen-bond donors (Lipinski definition) is 2. The zero-order valence-corrected chi connectivity index (χ0v) is 9.51. The van der Waals surface area contributed by atoms with Gasteiger partial charge in [0.25, 0.3) is 0 Å². The summed E-state index contributed by atoms with van der Waals surface area (Å²) < 4.78 is 1.94. The molecule has 0 saturated carbocycles. The van der Waals surface area contributed by atoms with Crippen LogP contribution in [0.5, 0.6) is 0 Å². The summed E-state index contributed by atoms with van der Waals surface area (Å²) in [6, 6.07) is 11.9. The van der Waals surface area contributed by atoms with Crippen LogP contribution < -0.4 is 17.0 Å². The molecule has 1 aromatic heterocycles. The number of nitrogens with zero attached hydrogens (tertiary/aromatic N) is 1. The highest BCUT2D eigenvalue weighted by atomic mass is 35.5. The number of pyridine rings is 1. The van der Waals surface area contributed by atoms with Gasteiger partial charge in [-0.05, 0) is 12.1 Å². The number of hydrogen-bond acceptors (Lipinski definition) is 2. The first-order valence-corrected chi connectivity index (χ1v) is 4.97. The molecule has 0 aliphatic heterocycles. The minimum atomic E-state index is -0.708. The number of benzene rings is 1. The van der Waals surface area contributed by atoms with Crippen LogP contribution in [0.2, 0.25) is 0 Å². The average molecular weight is 240 g/mol. The van der Waals surface area contributed by atoms with Gasteiger partial charge in [-0.25, -0.2) is 0 Å². The van der Waals surface area contributed by atoms with E-state index in [4.69, 9.17) is 5.11 Å². The highest BCUT2D eigenvalue weighted by molar-refractivity contribution is 5.74. The summed E-state index contributed by atoms with van der Waals surface area (Å²) in [5.74, 6) is 0. The largest absolute Gasteiger partial charge is 1.00 e. The van der Waals surface area contributed by atoms with E-state index in [1.54, 1.807) is 0 Å². The molecule has 3 nitrogen and oxygen atoms in total. The zero-order chi connectivity index (χ0) is 10.7. The van der Waals surface area contributed by atoms with E-state index in [-0.39, 0.29) is 19.0 Å². The smallest absolute Gasteiger partial charge is 0.212 e. The third-order valence-electron chi connectivity index (χ3n) is 2.41. The molecule has 0 aliphatic carbocycles. The molecule has 0 radical (unpaired) electrons. The van der Waals surface area contributed by atoms with Gasteiger partial charge in [-0.15, -0.1) is 0 Å². The van der Waals surface area contributed by atoms with Crippen LogP contribution in [-0.2, 0) is 6.54 Å². The Kier molecular flexibility index (Phi) is 4.68. The number of aliphatic hydroxyl groups is 2. The van der Waals surface area contributed by atoms with Crippen LogP contribution >= 0.6 is 0 Å². The van der Waals surface area contributed by atoms with Gasteiger partial charge < -0.3 is 22.6 Å². The van der Waals surface area contributed by atoms with Crippen LogP contribution in [0.15, 0.2) is 42.6 Å². The van der Waals surface area contributed by atoms with E-state index in [0.29, 0.717) is 6.54 Å². The van der Waals surface area contributed by atoms with E-state index in [9.17, 15) is 5.11 Å². The second kappa shape index (κ2) is 5.80. The number of halogens is 1. The van der Waals surface area contributed by atoms with E-state index < -0.39 is 6.10 Å². The molecule has 0 spiro atoms. The molecule has 1 aromatic carbocycles. The van der Waals surface area contributed by atoms with Crippen molar-refractivity contribution in [3.63, 3.8) is 0 Å². The van der Waals surface area contributed by atoms with Gasteiger partial charge >= 0.3 is 0 Å². The first-order chi connectivity index (χ1) is 7.31.